The van der Waals surface area contributed by atoms with Crippen molar-refractivity contribution in [2.24, 2.45) is 5.41 Å². The Morgan fingerprint density at radius 2 is 1.79 bits per heavy atom. The molecule has 43 heavy (non-hydrogen) atoms. The number of nitrogens with one attached hydrogen (secondary N) is 1. The van der Waals surface area contributed by atoms with E-state index >= 15 is 4.39 Å². The van der Waals surface area contributed by atoms with Crippen molar-refractivity contribution in [3.8, 4) is 11.5 Å². The first-order valence-electron chi connectivity index (χ1n) is 13.9. The number of benzene rings is 3. The zero-order valence-corrected chi connectivity index (χ0v) is 23.6. The van der Waals surface area contributed by atoms with Crippen LogP contribution in [-0.2, 0) is 11.4 Å². The van der Waals surface area contributed by atoms with E-state index in [1.165, 1.54) is 35.2 Å². The number of allylic oxidation sites excluding steroid dienone is 1. The number of ether oxygens (including phenoxy) is 1. The van der Waals surface area contributed by atoms with Gasteiger partial charge in [-0.2, -0.15) is 4.39 Å². The second-order valence-corrected chi connectivity index (χ2v) is 11.5. The van der Waals surface area contributed by atoms with Gasteiger partial charge in [-0.25, -0.2) is 9.37 Å². The lowest BCUT2D eigenvalue weighted by molar-refractivity contribution is -0.118. The topological polar surface area (TPSA) is 91.8 Å². The number of amides is 1. The molecule has 2 N–H and O–H groups in total. The van der Waals surface area contributed by atoms with Crippen molar-refractivity contribution in [1.29, 1.82) is 0 Å². The minimum atomic E-state index is -1.25. The van der Waals surface area contributed by atoms with Gasteiger partial charge >= 0.3 is 0 Å². The third-order valence-corrected chi connectivity index (χ3v) is 7.68. The molecule has 0 spiro atoms. The van der Waals surface area contributed by atoms with Gasteiger partial charge in [0.05, 0.1) is 11.7 Å². The SMILES string of the molecule is CC1(C)CC(=O)C2=C(C1)Nc1c(O)cccc1N(C(=O)c1cccc(F)n1)C2c1ccc(OCc2ccccc2)cc1F. The maximum atomic E-state index is 16.2. The highest BCUT2D eigenvalue weighted by Crippen LogP contribution is 2.51. The van der Waals surface area contributed by atoms with E-state index in [0.29, 0.717) is 12.1 Å². The summed E-state index contributed by atoms with van der Waals surface area (Å²) in [6, 6.07) is 20.9. The number of rotatable bonds is 5. The molecule has 1 aliphatic heterocycles. The molecule has 1 atom stereocenters. The van der Waals surface area contributed by atoms with E-state index in [-0.39, 0.29) is 58.5 Å². The number of phenols is 1. The number of aromatic hydroxyl groups is 1. The molecule has 6 rings (SSSR count). The van der Waals surface area contributed by atoms with Gasteiger partial charge in [0, 0.05) is 29.3 Å². The van der Waals surface area contributed by atoms with Crippen molar-refractivity contribution in [3.05, 3.63) is 125 Å². The van der Waals surface area contributed by atoms with E-state index in [1.54, 1.807) is 18.2 Å². The predicted molar refractivity (Wildman–Crippen MR) is 158 cm³/mol. The van der Waals surface area contributed by atoms with Gasteiger partial charge in [-0.05, 0) is 53.8 Å². The fourth-order valence-electron chi connectivity index (χ4n) is 5.77. The van der Waals surface area contributed by atoms with Gasteiger partial charge in [0.1, 0.15) is 35.3 Å². The first-order chi connectivity index (χ1) is 20.6. The van der Waals surface area contributed by atoms with Gasteiger partial charge in [0.2, 0.25) is 5.95 Å². The number of fused-ring (bicyclic) bond motifs is 1. The summed E-state index contributed by atoms with van der Waals surface area (Å²) >= 11 is 0. The molecule has 4 aromatic rings. The second-order valence-electron chi connectivity index (χ2n) is 11.5. The van der Waals surface area contributed by atoms with Gasteiger partial charge in [0.15, 0.2) is 5.78 Å². The van der Waals surface area contributed by atoms with Crippen LogP contribution < -0.4 is 15.0 Å². The Balaban J connectivity index is 1.53. The molecule has 0 fully saturated rings. The highest BCUT2D eigenvalue weighted by Gasteiger charge is 2.45. The lowest BCUT2D eigenvalue weighted by Gasteiger charge is -2.37. The summed E-state index contributed by atoms with van der Waals surface area (Å²) in [4.78, 5) is 33.1. The van der Waals surface area contributed by atoms with Gasteiger partial charge < -0.3 is 15.2 Å². The molecule has 1 aromatic heterocycles. The number of halogens is 2. The fourth-order valence-corrected chi connectivity index (χ4v) is 5.77. The van der Waals surface area contributed by atoms with Crippen LogP contribution in [0, 0.1) is 17.2 Å². The highest BCUT2D eigenvalue weighted by molar-refractivity contribution is 6.11. The molecule has 0 saturated carbocycles. The predicted octanol–water partition coefficient (Wildman–Crippen LogP) is 7.10. The van der Waals surface area contributed by atoms with Crippen LogP contribution in [0.1, 0.15) is 54.3 Å². The van der Waals surface area contributed by atoms with Crippen LogP contribution >= 0.6 is 0 Å². The summed E-state index contributed by atoms with van der Waals surface area (Å²) in [6.45, 7) is 4.11. The van der Waals surface area contributed by atoms with Crippen molar-refractivity contribution < 1.29 is 28.2 Å². The number of carbonyl (C=O) groups excluding carboxylic acids is 2. The van der Waals surface area contributed by atoms with E-state index in [4.69, 9.17) is 4.74 Å². The number of nitrogens with zero attached hydrogens (tertiary/aromatic N) is 2. The molecular weight excluding hydrogens is 552 g/mol. The average Bonchev–Trinajstić information content (AvgIpc) is 3.11. The Bertz CT molecular complexity index is 1770. The second kappa shape index (κ2) is 11.0. The number of para-hydroxylation sites is 1. The first kappa shape index (κ1) is 28.1. The molecule has 1 unspecified atom stereocenters. The van der Waals surface area contributed by atoms with Crippen molar-refractivity contribution in [2.45, 2.75) is 39.3 Å². The number of hydrogen-bond donors (Lipinski definition) is 2. The van der Waals surface area contributed by atoms with Gasteiger partial charge in [-0.15, -0.1) is 0 Å². The van der Waals surface area contributed by atoms with Crippen LogP contribution in [0.15, 0.2) is 96.2 Å². The first-order valence-corrected chi connectivity index (χ1v) is 13.9. The summed E-state index contributed by atoms with van der Waals surface area (Å²) in [7, 11) is 0. The zero-order chi connectivity index (χ0) is 30.3. The maximum absolute atomic E-state index is 16.2. The number of hydrogen-bond acceptors (Lipinski definition) is 6. The minimum absolute atomic E-state index is 0.0374. The number of phenolic OH excluding ortho intramolecular Hbond substituents is 1. The standard InChI is InChI=1S/C34H29F2N3O4/c1-34(2)17-25-30(28(41)18-34)32(22-15-14-21(16-23(22)35)43-19-20-8-4-3-5-9-20)39(26-11-7-12-27(40)31(26)38-25)33(42)24-10-6-13-29(36)37-24/h3-16,32,38,40H,17-19H2,1-2H3. The van der Waals surface area contributed by atoms with E-state index in [2.05, 4.69) is 10.3 Å². The maximum Gasteiger partial charge on any atom is 0.277 e. The molecule has 0 radical (unpaired) electrons. The van der Waals surface area contributed by atoms with E-state index in [0.717, 1.165) is 11.6 Å². The summed E-state index contributed by atoms with van der Waals surface area (Å²) in [6.07, 6.45) is 0.560. The zero-order valence-electron chi connectivity index (χ0n) is 23.6. The third kappa shape index (κ3) is 5.46. The Kier molecular flexibility index (Phi) is 7.17. The summed E-state index contributed by atoms with van der Waals surface area (Å²) < 4.78 is 36.2. The van der Waals surface area contributed by atoms with E-state index in [9.17, 15) is 19.1 Å². The third-order valence-electron chi connectivity index (χ3n) is 7.68. The summed E-state index contributed by atoms with van der Waals surface area (Å²) in [5.41, 5.74) is 1.29. The Morgan fingerprint density at radius 3 is 2.53 bits per heavy atom. The number of Topliss-reactive ketones (excluding diaryl/α,β-unsaturated/α-hetero) is 1. The molecule has 2 heterocycles. The Labute approximate surface area is 247 Å². The van der Waals surface area contributed by atoms with Gasteiger partial charge in [-0.3, -0.25) is 14.5 Å². The summed E-state index contributed by atoms with van der Waals surface area (Å²) in [5.74, 6) is -2.51. The van der Waals surface area contributed by atoms with Gasteiger partial charge in [0.25, 0.3) is 5.91 Å². The number of ketones is 1. The molecule has 3 aromatic carbocycles. The summed E-state index contributed by atoms with van der Waals surface area (Å²) in [5, 5.41) is 14.1. The molecule has 7 nitrogen and oxygen atoms in total. The van der Waals surface area contributed by atoms with Gasteiger partial charge in [-0.1, -0.05) is 56.3 Å². The largest absolute Gasteiger partial charge is 0.506 e. The number of aromatic nitrogens is 1. The van der Waals surface area contributed by atoms with E-state index < -0.39 is 29.1 Å². The molecule has 9 heteroatoms. The monoisotopic (exact) mass is 581 g/mol. The quantitative estimate of drug-likeness (QED) is 0.193. The lowest BCUT2D eigenvalue weighted by Crippen LogP contribution is -2.40. The van der Waals surface area contributed by atoms with Crippen LogP contribution in [0.2, 0.25) is 0 Å². The van der Waals surface area contributed by atoms with Crippen molar-refractivity contribution >= 4 is 23.1 Å². The number of pyridine rings is 1. The molecule has 0 saturated heterocycles. The Morgan fingerprint density at radius 1 is 1.02 bits per heavy atom. The molecule has 2 aliphatic rings. The number of carbonyl (C=O) groups is 2. The van der Waals surface area contributed by atoms with Crippen LogP contribution in [0.5, 0.6) is 11.5 Å². The van der Waals surface area contributed by atoms with Crippen LogP contribution in [0.4, 0.5) is 20.2 Å². The van der Waals surface area contributed by atoms with Crippen molar-refractivity contribution in [1.82, 2.24) is 4.98 Å². The smallest absolute Gasteiger partial charge is 0.277 e. The fraction of sp³-hybridized carbons (Fsp3) is 0.206. The highest BCUT2D eigenvalue weighted by atomic mass is 19.1. The molecule has 218 valence electrons. The average molecular weight is 582 g/mol. The van der Waals surface area contributed by atoms with Crippen molar-refractivity contribution in [2.75, 3.05) is 10.2 Å². The van der Waals surface area contributed by atoms with Crippen LogP contribution in [-0.4, -0.2) is 21.8 Å². The Hall–Kier alpha value is -5.05. The molecule has 1 amide bonds. The lowest BCUT2D eigenvalue weighted by atomic mass is 9.73. The van der Waals surface area contributed by atoms with E-state index in [1.807, 2.05) is 44.2 Å². The molecule has 1 aliphatic carbocycles. The molecule has 0 bridgehead atoms. The normalized spacial score (nSPS) is 17.4. The minimum Gasteiger partial charge on any atom is -0.506 e. The van der Waals surface area contributed by atoms with Crippen molar-refractivity contribution in [3.63, 3.8) is 0 Å². The van der Waals surface area contributed by atoms with Crippen LogP contribution in [0.25, 0.3) is 0 Å². The van der Waals surface area contributed by atoms with Crippen LogP contribution in [0.3, 0.4) is 0 Å². The number of anilines is 2. The molecular formula is C34H29F2N3O4.